The molecule has 0 saturated carbocycles. The van der Waals surface area contributed by atoms with Crippen molar-refractivity contribution >= 4 is 35.0 Å². The molecule has 0 aliphatic carbocycles. The van der Waals surface area contributed by atoms with Crippen LogP contribution in [-0.2, 0) is 4.74 Å². The van der Waals surface area contributed by atoms with Gasteiger partial charge < -0.3 is 15.4 Å². The molecule has 0 aromatic heterocycles. The summed E-state index contributed by atoms with van der Waals surface area (Å²) in [5, 5.41) is 7.02. The molecule has 0 aliphatic rings. The molecule has 2 N–H and O–H groups in total. The zero-order valence-corrected chi connectivity index (χ0v) is 13.6. The number of alkyl carbamates (subject to hydrolysis) is 1. The number of ether oxygens (including phenoxy) is 1. The van der Waals surface area contributed by atoms with Crippen LogP contribution in [0.5, 0.6) is 0 Å². The third kappa shape index (κ3) is 6.35. The third-order valence-electron chi connectivity index (χ3n) is 2.28. The molecule has 0 radical (unpaired) electrons. The zero-order valence-electron chi connectivity index (χ0n) is 12.1. The first-order valence-corrected chi connectivity index (χ1v) is 7.11. The summed E-state index contributed by atoms with van der Waals surface area (Å²) in [6, 6.07) is 5.22. The summed E-state index contributed by atoms with van der Waals surface area (Å²) in [6.45, 7) is 7.82. The fourth-order valence-electron chi connectivity index (χ4n) is 1.47. The summed E-state index contributed by atoms with van der Waals surface area (Å²) in [6.07, 6.45) is -0.437. The number of carbonyl (C=O) groups is 1. The first-order valence-electron chi connectivity index (χ1n) is 6.36. The molecule has 4 nitrogen and oxygen atoms in total. The average Bonchev–Trinajstić information content (AvgIpc) is 2.28. The molecule has 0 bridgehead atoms. The van der Waals surface area contributed by atoms with E-state index < -0.39 is 11.7 Å². The zero-order chi connectivity index (χ0) is 15.3. The number of amides is 1. The lowest BCUT2D eigenvalue weighted by molar-refractivity contribution is 0.0526. The van der Waals surface area contributed by atoms with Gasteiger partial charge in [-0.15, -0.1) is 0 Å². The van der Waals surface area contributed by atoms with Gasteiger partial charge in [-0.05, 0) is 45.9 Å². The van der Waals surface area contributed by atoms with Gasteiger partial charge in [-0.3, -0.25) is 0 Å². The van der Waals surface area contributed by atoms with Crippen molar-refractivity contribution in [1.82, 2.24) is 5.32 Å². The van der Waals surface area contributed by atoms with Gasteiger partial charge in [0, 0.05) is 17.6 Å². The minimum absolute atomic E-state index is 0.00111. The summed E-state index contributed by atoms with van der Waals surface area (Å²) >= 11 is 11.9. The Morgan fingerprint density at radius 3 is 2.55 bits per heavy atom. The van der Waals surface area contributed by atoms with E-state index in [1.54, 1.807) is 18.2 Å². The summed E-state index contributed by atoms with van der Waals surface area (Å²) < 4.78 is 5.16. The number of halogens is 2. The molecule has 1 amide bonds. The van der Waals surface area contributed by atoms with Crippen LogP contribution >= 0.6 is 23.2 Å². The predicted octanol–water partition coefficient (Wildman–Crippen LogP) is 4.32. The Morgan fingerprint density at radius 1 is 1.35 bits per heavy atom. The molecule has 112 valence electrons. The van der Waals surface area contributed by atoms with E-state index in [9.17, 15) is 4.79 Å². The fraction of sp³-hybridized carbons (Fsp3) is 0.500. The van der Waals surface area contributed by atoms with E-state index in [1.165, 1.54) is 0 Å². The maximum Gasteiger partial charge on any atom is 0.407 e. The van der Waals surface area contributed by atoms with Gasteiger partial charge in [0.05, 0.1) is 10.7 Å². The second kappa shape index (κ2) is 7.04. The summed E-state index contributed by atoms with van der Waals surface area (Å²) in [4.78, 5) is 11.5. The Bertz CT molecular complexity index is 473. The van der Waals surface area contributed by atoms with Crippen LogP contribution in [0.1, 0.15) is 27.7 Å². The normalized spacial score (nSPS) is 12.7. The molecule has 1 atom stereocenters. The molecule has 0 spiro atoms. The van der Waals surface area contributed by atoms with Gasteiger partial charge in [0.1, 0.15) is 5.60 Å². The Morgan fingerprint density at radius 2 is 2.00 bits per heavy atom. The summed E-state index contributed by atoms with van der Waals surface area (Å²) in [5.41, 5.74) is 0.273. The van der Waals surface area contributed by atoms with Crippen LogP contribution in [0.4, 0.5) is 10.5 Å². The minimum Gasteiger partial charge on any atom is -0.444 e. The van der Waals surface area contributed by atoms with E-state index in [-0.39, 0.29) is 6.04 Å². The van der Waals surface area contributed by atoms with E-state index >= 15 is 0 Å². The van der Waals surface area contributed by atoms with Crippen molar-refractivity contribution < 1.29 is 9.53 Å². The van der Waals surface area contributed by atoms with E-state index in [0.717, 1.165) is 5.69 Å². The van der Waals surface area contributed by atoms with E-state index in [1.807, 2.05) is 27.7 Å². The van der Waals surface area contributed by atoms with Gasteiger partial charge in [-0.1, -0.05) is 23.2 Å². The number of hydrogen-bond acceptors (Lipinski definition) is 3. The fourth-order valence-corrected chi connectivity index (χ4v) is 1.94. The second-order valence-corrected chi connectivity index (χ2v) is 6.40. The van der Waals surface area contributed by atoms with Crippen molar-refractivity contribution in [3.8, 4) is 0 Å². The molecule has 6 heteroatoms. The second-order valence-electron chi connectivity index (χ2n) is 5.55. The standard InChI is InChI=1S/C14H20Cl2N2O2/c1-9(8-17-13(19)20-14(2,3)4)18-12-6-5-10(15)7-11(12)16/h5-7,9,18H,8H2,1-4H3,(H,17,19). The van der Waals surface area contributed by atoms with Crippen LogP contribution in [0.15, 0.2) is 18.2 Å². The van der Waals surface area contributed by atoms with Crippen LogP contribution in [0.25, 0.3) is 0 Å². The first kappa shape index (κ1) is 16.9. The molecular formula is C14H20Cl2N2O2. The molecule has 1 aromatic carbocycles. The smallest absolute Gasteiger partial charge is 0.407 e. The lowest BCUT2D eigenvalue weighted by atomic mass is 10.2. The lowest BCUT2D eigenvalue weighted by Crippen LogP contribution is -2.38. The largest absolute Gasteiger partial charge is 0.444 e. The van der Waals surface area contributed by atoms with Crippen molar-refractivity contribution in [2.75, 3.05) is 11.9 Å². The Labute approximate surface area is 129 Å². The molecule has 1 rings (SSSR count). The summed E-state index contributed by atoms with van der Waals surface area (Å²) in [5.74, 6) is 0. The number of rotatable bonds is 4. The maximum absolute atomic E-state index is 11.5. The maximum atomic E-state index is 11.5. The predicted molar refractivity (Wildman–Crippen MR) is 83.8 cm³/mol. The monoisotopic (exact) mass is 318 g/mol. The number of nitrogens with one attached hydrogen (secondary N) is 2. The van der Waals surface area contributed by atoms with Crippen LogP contribution in [-0.4, -0.2) is 24.3 Å². The van der Waals surface area contributed by atoms with Crippen molar-refractivity contribution in [3.63, 3.8) is 0 Å². The van der Waals surface area contributed by atoms with Gasteiger partial charge in [0.2, 0.25) is 0 Å². The van der Waals surface area contributed by atoms with Gasteiger partial charge in [-0.2, -0.15) is 0 Å². The van der Waals surface area contributed by atoms with E-state index in [0.29, 0.717) is 16.6 Å². The van der Waals surface area contributed by atoms with E-state index in [4.69, 9.17) is 27.9 Å². The highest BCUT2D eigenvalue weighted by Crippen LogP contribution is 2.25. The van der Waals surface area contributed by atoms with Gasteiger partial charge in [-0.25, -0.2) is 4.79 Å². The van der Waals surface area contributed by atoms with Gasteiger partial charge >= 0.3 is 6.09 Å². The van der Waals surface area contributed by atoms with Crippen molar-refractivity contribution in [1.29, 1.82) is 0 Å². The molecule has 1 unspecified atom stereocenters. The van der Waals surface area contributed by atoms with E-state index in [2.05, 4.69) is 10.6 Å². The van der Waals surface area contributed by atoms with Gasteiger partial charge in [0.15, 0.2) is 0 Å². The number of carbonyl (C=O) groups excluding carboxylic acids is 1. The number of anilines is 1. The lowest BCUT2D eigenvalue weighted by Gasteiger charge is -2.21. The molecular weight excluding hydrogens is 299 g/mol. The Hall–Kier alpha value is -1.13. The molecule has 1 aromatic rings. The molecule has 0 saturated heterocycles. The van der Waals surface area contributed by atoms with Crippen molar-refractivity contribution in [2.45, 2.75) is 39.3 Å². The topological polar surface area (TPSA) is 50.4 Å². The highest BCUT2D eigenvalue weighted by Gasteiger charge is 2.16. The van der Waals surface area contributed by atoms with Crippen LogP contribution in [0.3, 0.4) is 0 Å². The molecule has 0 heterocycles. The SMILES string of the molecule is CC(CNC(=O)OC(C)(C)C)Nc1ccc(Cl)cc1Cl. The van der Waals surface area contributed by atoms with Crippen LogP contribution < -0.4 is 10.6 Å². The molecule has 0 fully saturated rings. The first-order chi connectivity index (χ1) is 9.17. The van der Waals surface area contributed by atoms with Crippen molar-refractivity contribution in [2.24, 2.45) is 0 Å². The Balaban J connectivity index is 2.44. The molecule has 20 heavy (non-hydrogen) atoms. The quantitative estimate of drug-likeness (QED) is 0.869. The van der Waals surface area contributed by atoms with Crippen LogP contribution in [0, 0.1) is 0 Å². The Kier molecular flexibility index (Phi) is 5.96. The highest BCUT2D eigenvalue weighted by molar-refractivity contribution is 6.36. The van der Waals surface area contributed by atoms with Gasteiger partial charge in [0.25, 0.3) is 0 Å². The average molecular weight is 319 g/mol. The highest BCUT2D eigenvalue weighted by atomic mass is 35.5. The number of hydrogen-bond donors (Lipinski definition) is 2. The minimum atomic E-state index is -0.500. The van der Waals surface area contributed by atoms with Crippen molar-refractivity contribution in [3.05, 3.63) is 28.2 Å². The third-order valence-corrected chi connectivity index (χ3v) is 2.83. The molecule has 0 aliphatic heterocycles. The summed E-state index contributed by atoms with van der Waals surface area (Å²) in [7, 11) is 0. The van der Waals surface area contributed by atoms with Crippen LogP contribution in [0.2, 0.25) is 10.0 Å². The number of benzene rings is 1.